The zero-order valence-corrected chi connectivity index (χ0v) is 21.9. The average Bonchev–Trinajstić information content (AvgIpc) is 2.74. The third kappa shape index (κ3) is 7.93. The normalized spacial score (nSPS) is 14.9. The number of esters is 1. The SMILES string of the molecule is CC(=O)O[C@H](CC/C(C)=C/CCc1ccc2c(c1)C(=O)C(C)=CC2=O)C(C)(C)CCC=C(C)C. The number of hydrogen-bond acceptors (Lipinski definition) is 4. The van der Waals surface area contributed by atoms with Gasteiger partial charge in [-0.05, 0) is 83.9 Å². The second-order valence-electron chi connectivity index (χ2n) is 10.4. The molecule has 184 valence electrons. The number of allylic oxidation sites excluding steroid dienone is 6. The molecule has 2 rings (SSSR count). The molecule has 1 aromatic carbocycles. The van der Waals surface area contributed by atoms with Crippen LogP contribution in [0.5, 0.6) is 0 Å². The molecule has 1 aliphatic rings. The van der Waals surface area contributed by atoms with Crippen molar-refractivity contribution in [2.45, 2.75) is 93.1 Å². The van der Waals surface area contributed by atoms with E-state index in [0.717, 1.165) is 44.1 Å². The minimum atomic E-state index is -0.229. The topological polar surface area (TPSA) is 60.4 Å². The molecule has 0 fully saturated rings. The molecule has 0 spiro atoms. The first kappa shape index (κ1) is 27.5. The zero-order chi connectivity index (χ0) is 25.5. The molecule has 1 aliphatic carbocycles. The van der Waals surface area contributed by atoms with E-state index in [4.69, 9.17) is 4.74 Å². The molecule has 34 heavy (non-hydrogen) atoms. The van der Waals surface area contributed by atoms with E-state index in [1.54, 1.807) is 13.0 Å². The maximum absolute atomic E-state index is 12.4. The van der Waals surface area contributed by atoms with Gasteiger partial charge in [-0.3, -0.25) is 14.4 Å². The number of benzene rings is 1. The molecular formula is C30H40O4. The molecule has 0 radical (unpaired) electrons. The summed E-state index contributed by atoms with van der Waals surface area (Å²) < 4.78 is 5.73. The molecule has 0 N–H and O–H groups in total. The number of ketones is 2. The largest absolute Gasteiger partial charge is 0.462 e. The Labute approximate surface area is 205 Å². The molecule has 0 bridgehead atoms. The van der Waals surface area contributed by atoms with Crippen molar-refractivity contribution in [3.8, 4) is 0 Å². The van der Waals surface area contributed by atoms with Crippen LogP contribution in [0.15, 0.2) is 53.1 Å². The maximum Gasteiger partial charge on any atom is 0.302 e. The van der Waals surface area contributed by atoms with Crippen LogP contribution in [-0.2, 0) is 16.0 Å². The van der Waals surface area contributed by atoms with Gasteiger partial charge in [-0.1, -0.05) is 49.3 Å². The van der Waals surface area contributed by atoms with Gasteiger partial charge in [0, 0.05) is 29.0 Å². The monoisotopic (exact) mass is 464 g/mol. The molecule has 4 nitrogen and oxygen atoms in total. The molecule has 1 atom stereocenters. The van der Waals surface area contributed by atoms with Crippen LogP contribution in [0.4, 0.5) is 0 Å². The number of Topliss-reactive ketones (excluding diaryl/α,β-unsaturated/α-hetero) is 1. The second-order valence-corrected chi connectivity index (χ2v) is 10.4. The zero-order valence-electron chi connectivity index (χ0n) is 21.9. The Morgan fingerprint density at radius 2 is 1.74 bits per heavy atom. The van der Waals surface area contributed by atoms with Crippen molar-refractivity contribution in [1.82, 2.24) is 0 Å². The fourth-order valence-corrected chi connectivity index (χ4v) is 4.35. The van der Waals surface area contributed by atoms with Crippen LogP contribution >= 0.6 is 0 Å². The fraction of sp³-hybridized carbons (Fsp3) is 0.500. The quantitative estimate of drug-likeness (QED) is 0.253. The van der Waals surface area contributed by atoms with E-state index in [9.17, 15) is 14.4 Å². The number of aryl methyl sites for hydroxylation is 1. The van der Waals surface area contributed by atoms with Gasteiger partial charge in [-0.15, -0.1) is 0 Å². The summed E-state index contributed by atoms with van der Waals surface area (Å²) >= 11 is 0. The summed E-state index contributed by atoms with van der Waals surface area (Å²) in [5.74, 6) is -0.389. The molecular weight excluding hydrogens is 424 g/mol. The smallest absolute Gasteiger partial charge is 0.302 e. The highest BCUT2D eigenvalue weighted by Crippen LogP contribution is 2.33. The summed E-state index contributed by atoms with van der Waals surface area (Å²) in [6, 6.07) is 5.57. The summed E-state index contributed by atoms with van der Waals surface area (Å²) in [4.78, 5) is 36.3. The van der Waals surface area contributed by atoms with Gasteiger partial charge in [0.25, 0.3) is 0 Å². The molecule has 0 aliphatic heterocycles. The predicted molar refractivity (Wildman–Crippen MR) is 138 cm³/mol. The van der Waals surface area contributed by atoms with Crippen LogP contribution in [0.2, 0.25) is 0 Å². The van der Waals surface area contributed by atoms with E-state index in [1.807, 2.05) is 12.1 Å². The van der Waals surface area contributed by atoms with E-state index in [1.165, 1.54) is 24.1 Å². The van der Waals surface area contributed by atoms with E-state index in [-0.39, 0.29) is 29.1 Å². The molecule has 4 heteroatoms. The van der Waals surface area contributed by atoms with Gasteiger partial charge in [0.2, 0.25) is 0 Å². The Morgan fingerprint density at radius 3 is 2.38 bits per heavy atom. The van der Waals surface area contributed by atoms with Gasteiger partial charge in [-0.25, -0.2) is 0 Å². The lowest BCUT2D eigenvalue weighted by molar-refractivity contribution is -0.153. The first-order valence-corrected chi connectivity index (χ1v) is 12.3. The third-order valence-corrected chi connectivity index (χ3v) is 6.55. The summed E-state index contributed by atoms with van der Waals surface area (Å²) in [5, 5.41) is 0. The molecule has 0 saturated carbocycles. The average molecular weight is 465 g/mol. The minimum absolute atomic E-state index is 0.0631. The van der Waals surface area contributed by atoms with Crippen LogP contribution in [0.1, 0.15) is 107 Å². The highest BCUT2D eigenvalue weighted by Gasteiger charge is 2.31. The van der Waals surface area contributed by atoms with E-state index in [0.29, 0.717) is 16.7 Å². The van der Waals surface area contributed by atoms with Gasteiger partial charge in [0.1, 0.15) is 6.10 Å². The molecule has 0 saturated heterocycles. The van der Waals surface area contributed by atoms with E-state index in [2.05, 4.69) is 46.8 Å². The molecule has 0 unspecified atom stereocenters. The number of carbonyl (C=O) groups excluding carboxylic acids is 3. The number of hydrogen-bond donors (Lipinski definition) is 0. The lowest BCUT2D eigenvalue weighted by atomic mass is 9.79. The fourth-order valence-electron chi connectivity index (χ4n) is 4.35. The van der Waals surface area contributed by atoms with Gasteiger partial charge in [-0.2, -0.15) is 0 Å². The Kier molecular flexibility index (Phi) is 9.78. The lowest BCUT2D eigenvalue weighted by Gasteiger charge is -2.34. The molecule has 0 heterocycles. The van der Waals surface area contributed by atoms with Crippen molar-refractivity contribution < 1.29 is 19.1 Å². The van der Waals surface area contributed by atoms with Crippen LogP contribution in [-0.4, -0.2) is 23.6 Å². The highest BCUT2D eigenvalue weighted by molar-refractivity contribution is 6.24. The van der Waals surface area contributed by atoms with E-state index < -0.39 is 0 Å². The number of rotatable bonds is 11. The van der Waals surface area contributed by atoms with Crippen molar-refractivity contribution in [2.24, 2.45) is 5.41 Å². The third-order valence-electron chi connectivity index (χ3n) is 6.55. The standard InChI is InChI=1S/C30H40O4/c1-20(2)10-9-17-30(6,7)28(34-23(5)31)16-13-21(3)11-8-12-24-14-15-25-26(19-24)29(33)22(4)18-27(25)32/h10-11,14-15,18-19,28H,8-9,12-13,16-17H2,1-7H3/b21-11+/t28-/m1/s1. The van der Waals surface area contributed by atoms with Crippen LogP contribution in [0.25, 0.3) is 0 Å². The van der Waals surface area contributed by atoms with Crippen molar-refractivity contribution >= 4 is 17.5 Å². The first-order valence-electron chi connectivity index (χ1n) is 12.3. The van der Waals surface area contributed by atoms with E-state index >= 15 is 0 Å². The maximum atomic E-state index is 12.4. The minimum Gasteiger partial charge on any atom is -0.462 e. The van der Waals surface area contributed by atoms with Gasteiger partial charge in [0.05, 0.1) is 0 Å². The Balaban J connectivity index is 1.96. The van der Waals surface area contributed by atoms with Crippen LogP contribution < -0.4 is 0 Å². The lowest BCUT2D eigenvalue weighted by Crippen LogP contribution is -2.33. The van der Waals surface area contributed by atoms with Crippen LogP contribution in [0, 0.1) is 5.41 Å². The van der Waals surface area contributed by atoms with Crippen molar-refractivity contribution in [1.29, 1.82) is 0 Å². The highest BCUT2D eigenvalue weighted by atomic mass is 16.5. The molecule has 0 aromatic heterocycles. The Morgan fingerprint density at radius 1 is 1.03 bits per heavy atom. The number of carbonyl (C=O) groups is 3. The summed E-state index contributed by atoms with van der Waals surface area (Å²) in [7, 11) is 0. The number of ether oxygens (including phenoxy) is 1. The van der Waals surface area contributed by atoms with Crippen molar-refractivity contribution in [3.63, 3.8) is 0 Å². The first-order chi connectivity index (χ1) is 15.9. The molecule has 0 amide bonds. The predicted octanol–water partition coefficient (Wildman–Crippen LogP) is 7.38. The Bertz CT molecular complexity index is 1020. The summed E-state index contributed by atoms with van der Waals surface area (Å²) in [6.07, 6.45) is 11.0. The van der Waals surface area contributed by atoms with Crippen LogP contribution in [0.3, 0.4) is 0 Å². The Hall–Kier alpha value is -2.75. The van der Waals surface area contributed by atoms with Gasteiger partial charge < -0.3 is 4.74 Å². The summed E-state index contributed by atoms with van der Waals surface area (Å²) in [6.45, 7) is 13.8. The summed E-state index contributed by atoms with van der Waals surface area (Å²) in [5.41, 5.74) is 5.03. The number of fused-ring (bicyclic) bond motifs is 1. The van der Waals surface area contributed by atoms with Crippen molar-refractivity contribution in [3.05, 3.63) is 69.8 Å². The van der Waals surface area contributed by atoms with Gasteiger partial charge in [0.15, 0.2) is 11.6 Å². The van der Waals surface area contributed by atoms with Crippen molar-refractivity contribution in [2.75, 3.05) is 0 Å². The second kappa shape index (κ2) is 12.1. The molecule has 1 aromatic rings. The van der Waals surface area contributed by atoms with Gasteiger partial charge >= 0.3 is 5.97 Å².